The van der Waals surface area contributed by atoms with Crippen LogP contribution in [0.15, 0.2) is 59.1 Å². The third-order valence-corrected chi connectivity index (χ3v) is 4.47. The molecule has 0 unspecified atom stereocenters. The average Bonchev–Trinajstić information content (AvgIpc) is 2.49. The van der Waals surface area contributed by atoms with Gasteiger partial charge in [0.25, 0.3) is 0 Å². The van der Waals surface area contributed by atoms with Gasteiger partial charge in [-0.25, -0.2) is 0 Å². The highest BCUT2D eigenvalue weighted by atomic mass is 79.9. The SMILES string of the molecule is O=C(O)CC(CC(=O)O)[C@@H](c1ccccc1)c1ccccc1Br. The van der Waals surface area contributed by atoms with Gasteiger partial charge >= 0.3 is 11.9 Å². The van der Waals surface area contributed by atoms with Gasteiger partial charge in [-0.15, -0.1) is 0 Å². The highest BCUT2D eigenvalue weighted by molar-refractivity contribution is 9.10. The summed E-state index contributed by atoms with van der Waals surface area (Å²) in [6.45, 7) is 0. The maximum absolute atomic E-state index is 11.2. The van der Waals surface area contributed by atoms with E-state index < -0.39 is 17.9 Å². The summed E-state index contributed by atoms with van der Waals surface area (Å²) in [5.41, 5.74) is 1.80. The van der Waals surface area contributed by atoms with E-state index in [1.165, 1.54) is 0 Å². The summed E-state index contributed by atoms with van der Waals surface area (Å²) in [5.74, 6) is -2.83. The molecule has 4 nitrogen and oxygen atoms in total. The van der Waals surface area contributed by atoms with Crippen molar-refractivity contribution < 1.29 is 19.8 Å². The third kappa shape index (κ3) is 4.66. The van der Waals surface area contributed by atoms with E-state index in [9.17, 15) is 19.8 Å². The lowest BCUT2D eigenvalue weighted by Gasteiger charge is -2.27. The van der Waals surface area contributed by atoms with Crippen molar-refractivity contribution in [2.24, 2.45) is 5.92 Å². The highest BCUT2D eigenvalue weighted by Gasteiger charge is 2.30. The molecule has 0 bridgehead atoms. The summed E-state index contributed by atoms with van der Waals surface area (Å²) in [5, 5.41) is 18.4. The number of carboxylic acids is 2. The van der Waals surface area contributed by atoms with Crippen molar-refractivity contribution in [3.8, 4) is 0 Å². The van der Waals surface area contributed by atoms with Crippen LogP contribution in [-0.4, -0.2) is 22.2 Å². The molecule has 2 N–H and O–H groups in total. The molecule has 1 atom stereocenters. The molecule has 5 heteroatoms. The smallest absolute Gasteiger partial charge is 0.303 e. The maximum atomic E-state index is 11.2. The van der Waals surface area contributed by atoms with Crippen LogP contribution >= 0.6 is 15.9 Å². The molecule has 0 saturated heterocycles. The van der Waals surface area contributed by atoms with Crippen LogP contribution in [0, 0.1) is 5.92 Å². The second kappa shape index (κ2) is 7.92. The number of carbonyl (C=O) groups is 2. The molecular weight excluding hydrogens is 360 g/mol. The molecule has 0 saturated carbocycles. The number of halogens is 1. The highest BCUT2D eigenvalue weighted by Crippen LogP contribution is 2.39. The molecule has 0 aliphatic rings. The van der Waals surface area contributed by atoms with Crippen LogP contribution in [0.25, 0.3) is 0 Å². The van der Waals surface area contributed by atoms with Gasteiger partial charge in [-0.1, -0.05) is 64.5 Å². The van der Waals surface area contributed by atoms with Crippen molar-refractivity contribution in [3.05, 3.63) is 70.2 Å². The van der Waals surface area contributed by atoms with E-state index in [2.05, 4.69) is 15.9 Å². The van der Waals surface area contributed by atoms with Gasteiger partial charge in [0, 0.05) is 23.2 Å². The van der Waals surface area contributed by atoms with Gasteiger partial charge in [0.05, 0.1) is 0 Å². The van der Waals surface area contributed by atoms with Gasteiger partial charge < -0.3 is 10.2 Å². The van der Waals surface area contributed by atoms with Crippen LogP contribution in [-0.2, 0) is 9.59 Å². The van der Waals surface area contributed by atoms with E-state index in [1.807, 2.05) is 54.6 Å². The standard InChI is InChI=1S/C18H17BrO4/c19-15-9-5-4-8-14(15)18(12-6-2-1-3-7-12)13(10-16(20)21)11-17(22)23/h1-9,13,18H,10-11H2,(H,20,21)(H,22,23)/t18-/m1/s1. The van der Waals surface area contributed by atoms with Crippen LogP contribution in [0.1, 0.15) is 29.9 Å². The number of benzene rings is 2. The summed E-state index contributed by atoms with van der Waals surface area (Å²) in [6.07, 6.45) is -0.402. The van der Waals surface area contributed by atoms with Gasteiger partial charge in [0.1, 0.15) is 0 Å². The second-order valence-corrected chi connectivity index (χ2v) is 6.22. The molecule has 0 amide bonds. The minimum Gasteiger partial charge on any atom is -0.481 e. The van der Waals surface area contributed by atoms with Crippen molar-refractivity contribution in [1.29, 1.82) is 0 Å². The largest absolute Gasteiger partial charge is 0.481 e. The molecule has 120 valence electrons. The number of aliphatic carboxylic acids is 2. The molecule has 2 aromatic rings. The fourth-order valence-electron chi connectivity index (χ4n) is 2.85. The fourth-order valence-corrected chi connectivity index (χ4v) is 3.38. The molecular formula is C18H17BrO4. The van der Waals surface area contributed by atoms with E-state index in [0.717, 1.165) is 15.6 Å². The Bertz CT molecular complexity index is 668. The summed E-state index contributed by atoms with van der Waals surface area (Å²) < 4.78 is 0.842. The van der Waals surface area contributed by atoms with Crippen LogP contribution in [0.4, 0.5) is 0 Å². The Kier molecular flexibility index (Phi) is 5.93. The van der Waals surface area contributed by atoms with E-state index in [-0.39, 0.29) is 18.8 Å². The molecule has 0 radical (unpaired) electrons. The summed E-state index contributed by atoms with van der Waals surface area (Å²) >= 11 is 3.50. The molecule has 0 aliphatic carbocycles. The number of carboxylic acid groups (broad SMARTS) is 2. The summed E-state index contributed by atoms with van der Waals surface area (Å²) in [4.78, 5) is 22.5. The first kappa shape index (κ1) is 17.2. The lowest BCUT2D eigenvalue weighted by Crippen LogP contribution is -2.21. The van der Waals surface area contributed by atoms with E-state index in [1.54, 1.807) is 0 Å². The number of hydrogen-bond donors (Lipinski definition) is 2. The first-order chi connectivity index (χ1) is 11.0. The maximum Gasteiger partial charge on any atom is 0.303 e. The van der Waals surface area contributed by atoms with Crippen LogP contribution in [0.5, 0.6) is 0 Å². The zero-order chi connectivity index (χ0) is 16.8. The molecule has 0 fully saturated rings. The number of rotatable bonds is 7. The van der Waals surface area contributed by atoms with E-state index in [0.29, 0.717) is 0 Å². The molecule has 0 spiro atoms. The average molecular weight is 377 g/mol. The van der Waals surface area contributed by atoms with Crippen LogP contribution < -0.4 is 0 Å². The van der Waals surface area contributed by atoms with Crippen molar-refractivity contribution >= 4 is 27.9 Å². The van der Waals surface area contributed by atoms with Crippen molar-refractivity contribution in [1.82, 2.24) is 0 Å². The van der Waals surface area contributed by atoms with Crippen molar-refractivity contribution in [2.75, 3.05) is 0 Å². The quantitative estimate of drug-likeness (QED) is 0.760. The molecule has 0 heterocycles. The zero-order valence-corrected chi connectivity index (χ0v) is 13.9. The summed E-state index contributed by atoms with van der Waals surface area (Å²) in [7, 11) is 0. The van der Waals surface area contributed by atoms with Crippen molar-refractivity contribution in [3.63, 3.8) is 0 Å². The second-order valence-electron chi connectivity index (χ2n) is 5.37. The topological polar surface area (TPSA) is 74.6 Å². The Labute approximate surface area is 142 Å². The Morgan fingerprint density at radius 2 is 1.39 bits per heavy atom. The summed E-state index contributed by atoms with van der Waals surface area (Å²) in [6, 6.07) is 17.0. The molecule has 23 heavy (non-hydrogen) atoms. The van der Waals surface area contributed by atoms with Gasteiger partial charge in [-0.3, -0.25) is 9.59 Å². The van der Waals surface area contributed by atoms with Gasteiger partial charge in [-0.05, 0) is 23.1 Å². The first-order valence-corrected chi connectivity index (χ1v) is 8.01. The minimum atomic E-state index is -0.996. The lowest BCUT2D eigenvalue weighted by molar-refractivity contribution is -0.140. The molecule has 2 rings (SSSR count). The van der Waals surface area contributed by atoms with E-state index >= 15 is 0 Å². The van der Waals surface area contributed by atoms with Gasteiger partial charge in [-0.2, -0.15) is 0 Å². The predicted molar refractivity (Wildman–Crippen MR) is 90.4 cm³/mol. The zero-order valence-electron chi connectivity index (χ0n) is 12.4. The fraction of sp³-hybridized carbons (Fsp3) is 0.222. The van der Waals surface area contributed by atoms with Crippen LogP contribution in [0.2, 0.25) is 0 Å². The Balaban J connectivity index is 2.53. The normalized spacial score (nSPS) is 12.1. The predicted octanol–water partition coefficient (Wildman–Crippen LogP) is 4.15. The molecule has 0 aromatic heterocycles. The van der Waals surface area contributed by atoms with Crippen LogP contribution in [0.3, 0.4) is 0 Å². The van der Waals surface area contributed by atoms with Crippen molar-refractivity contribution in [2.45, 2.75) is 18.8 Å². The van der Waals surface area contributed by atoms with Gasteiger partial charge in [0.15, 0.2) is 0 Å². The first-order valence-electron chi connectivity index (χ1n) is 7.22. The van der Waals surface area contributed by atoms with Gasteiger partial charge in [0.2, 0.25) is 0 Å². The number of hydrogen-bond acceptors (Lipinski definition) is 2. The minimum absolute atomic E-state index is 0.201. The monoisotopic (exact) mass is 376 g/mol. The van der Waals surface area contributed by atoms with E-state index in [4.69, 9.17) is 0 Å². The lowest BCUT2D eigenvalue weighted by atomic mass is 9.77. The molecule has 2 aromatic carbocycles. The third-order valence-electron chi connectivity index (χ3n) is 3.74. The Morgan fingerprint density at radius 3 is 1.91 bits per heavy atom. The Morgan fingerprint density at radius 1 is 0.870 bits per heavy atom. The molecule has 0 aliphatic heterocycles. The Hall–Kier alpha value is -2.14.